The van der Waals surface area contributed by atoms with Gasteiger partial charge in [-0.05, 0) is 57.8 Å². The van der Waals surface area contributed by atoms with E-state index in [0.29, 0.717) is 5.92 Å². The van der Waals surface area contributed by atoms with Crippen molar-refractivity contribution in [3.63, 3.8) is 0 Å². The van der Waals surface area contributed by atoms with E-state index in [9.17, 15) is 4.79 Å². The molecule has 4 nitrogen and oxygen atoms in total. The summed E-state index contributed by atoms with van der Waals surface area (Å²) in [4.78, 5) is 13.2. The predicted octanol–water partition coefficient (Wildman–Crippen LogP) is 3.09. The van der Waals surface area contributed by atoms with Crippen molar-refractivity contribution in [2.24, 2.45) is 11.7 Å². The number of nitrogens with one attached hydrogen (secondary N) is 1. The molecule has 118 valence electrons. The van der Waals surface area contributed by atoms with Gasteiger partial charge < -0.3 is 15.5 Å². The van der Waals surface area contributed by atoms with Crippen molar-refractivity contribution in [2.75, 3.05) is 5.75 Å². The molecule has 1 fully saturated rings. The number of rotatable bonds is 7. The largest absolute Gasteiger partial charge is 0.468 e. The molecule has 0 bridgehead atoms. The number of nitrogens with two attached hydrogens (primary N) is 1. The molecule has 1 heterocycles. The first-order valence-corrected chi connectivity index (χ1v) is 8.69. The first-order chi connectivity index (χ1) is 9.95. The quantitative estimate of drug-likeness (QED) is 0.759. The molecule has 0 aromatic carbocycles. The number of furan rings is 1. The van der Waals surface area contributed by atoms with Crippen LogP contribution in [0.1, 0.15) is 45.3 Å². The van der Waals surface area contributed by atoms with Gasteiger partial charge in [0, 0.05) is 10.9 Å². The number of carbonyl (C=O) groups excluding carboxylic acids is 1. The van der Waals surface area contributed by atoms with Crippen LogP contribution in [-0.2, 0) is 4.79 Å². The summed E-state index contributed by atoms with van der Waals surface area (Å²) in [6, 6.07) is 2.27. The summed E-state index contributed by atoms with van der Waals surface area (Å²) in [7, 11) is 0. The number of amides is 1. The van der Waals surface area contributed by atoms with Gasteiger partial charge in [-0.2, -0.15) is 0 Å². The molecule has 0 saturated heterocycles. The second kappa shape index (κ2) is 6.88. The first kappa shape index (κ1) is 16.4. The van der Waals surface area contributed by atoms with Crippen molar-refractivity contribution in [2.45, 2.75) is 62.9 Å². The number of aryl methyl sites for hydroxylation is 1. The van der Waals surface area contributed by atoms with Gasteiger partial charge in [0.05, 0.1) is 6.26 Å². The standard InChI is InChI=1S/C16H26N2O2S/c1-11(2)18-16(15(17)19)8-4-5-13(16)7-10-21-14-6-9-20-12(14)3/h6,9,11,13,18H,4-5,7-8,10H2,1-3H3,(H2,17,19). The van der Waals surface area contributed by atoms with E-state index in [2.05, 4.69) is 19.2 Å². The van der Waals surface area contributed by atoms with E-state index in [0.717, 1.165) is 37.2 Å². The molecular weight excluding hydrogens is 284 g/mol. The highest BCUT2D eigenvalue weighted by atomic mass is 32.2. The van der Waals surface area contributed by atoms with E-state index in [1.54, 1.807) is 18.0 Å². The second-order valence-corrected chi connectivity index (χ2v) is 7.34. The fourth-order valence-corrected chi connectivity index (χ4v) is 4.43. The van der Waals surface area contributed by atoms with Gasteiger partial charge in [-0.1, -0.05) is 6.42 Å². The fourth-order valence-electron chi connectivity index (χ4n) is 3.40. The summed E-state index contributed by atoms with van der Waals surface area (Å²) in [5.41, 5.74) is 5.22. The predicted molar refractivity (Wildman–Crippen MR) is 86.3 cm³/mol. The third-order valence-electron chi connectivity index (χ3n) is 4.34. The van der Waals surface area contributed by atoms with Gasteiger partial charge in [0.1, 0.15) is 11.3 Å². The molecule has 0 spiro atoms. The lowest BCUT2D eigenvalue weighted by molar-refractivity contribution is -0.126. The SMILES string of the molecule is Cc1occc1SCCC1CCCC1(NC(C)C)C(N)=O. The maximum atomic E-state index is 12.1. The Bertz CT molecular complexity index is 486. The number of thioether (sulfide) groups is 1. The monoisotopic (exact) mass is 310 g/mol. The zero-order chi connectivity index (χ0) is 15.5. The second-order valence-electron chi connectivity index (χ2n) is 6.20. The molecule has 1 aliphatic carbocycles. The Hall–Kier alpha value is -0.940. The Morgan fingerprint density at radius 2 is 2.38 bits per heavy atom. The topological polar surface area (TPSA) is 68.3 Å². The van der Waals surface area contributed by atoms with Crippen molar-refractivity contribution in [3.8, 4) is 0 Å². The lowest BCUT2D eigenvalue weighted by Gasteiger charge is -2.35. The third kappa shape index (κ3) is 3.64. The summed E-state index contributed by atoms with van der Waals surface area (Å²) < 4.78 is 5.31. The average Bonchev–Trinajstić information content (AvgIpc) is 2.97. The van der Waals surface area contributed by atoms with Gasteiger partial charge in [0.2, 0.25) is 5.91 Å². The average molecular weight is 310 g/mol. The van der Waals surface area contributed by atoms with Crippen LogP contribution in [-0.4, -0.2) is 23.2 Å². The minimum absolute atomic E-state index is 0.191. The molecule has 1 amide bonds. The normalized spacial score (nSPS) is 25.6. The van der Waals surface area contributed by atoms with E-state index >= 15 is 0 Å². The van der Waals surface area contributed by atoms with E-state index in [-0.39, 0.29) is 11.9 Å². The summed E-state index contributed by atoms with van der Waals surface area (Å²) in [6.07, 6.45) is 5.73. The van der Waals surface area contributed by atoms with Crippen LogP contribution in [0, 0.1) is 12.8 Å². The molecule has 0 aliphatic heterocycles. The summed E-state index contributed by atoms with van der Waals surface area (Å²) in [5.74, 6) is 2.09. The lowest BCUT2D eigenvalue weighted by Crippen LogP contribution is -2.60. The van der Waals surface area contributed by atoms with Crippen molar-refractivity contribution >= 4 is 17.7 Å². The molecule has 1 aromatic heterocycles. The molecular formula is C16H26N2O2S. The summed E-state index contributed by atoms with van der Waals surface area (Å²) in [6.45, 7) is 6.12. The molecule has 1 saturated carbocycles. The van der Waals surface area contributed by atoms with Gasteiger partial charge in [-0.3, -0.25) is 4.79 Å². The lowest BCUT2D eigenvalue weighted by atomic mass is 9.83. The van der Waals surface area contributed by atoms with Gasteiger partial charge in [0.25, 0.3) is 0 Å². The van der Waals surface area contributed by atoms with Crippen molar-refractivity contribution < 1.29 is 9.21 Å². The summed E-state index contributed by atoms with van der Waals surface area (Å²) in [5, 5.41) is 3.46. The van der Waals surface area contributed by atoms with Gasteiger partial charge >= 0.3 is 0 Å². The Labute approximate surface area is 131 Å². The number of hydrogen-bond acceptors (Lipinski definition) is 4. The van der Waals surface area contributed by atoms with Crippen LogP contribution in [0.3, 0.4) is 0 Å². The molecule has 5 heteroatoms. The highest BCUT2D eigenvalue weighted by Crippen LogP contribution is 2.39. The van der Waals surface area contributed by atoms with Crippen molar-refractivity contribution in [3.05, 3.63) is 18.1 Å². The van der Waals surface area contributed by atoms with Gasteiger partial charge in [0.15, 0.2) is 0 Å². The zero-order valence-corrected chi connectivity index (χ0v) is 14.0. The maximum Gasteiger partial charge on any atom is 0.238 e. The Morgan fingerprint density at radius 3 is 2.95 bits per heavy atom. The van der Waals surface area contributed by atoms with Crippen LogP contribution in [0.2, 0.25) is 0 Å². The first-order valence-electron chi connectivity index (χ1n) is 7.70. The highest BCUT2D eigenvalue weighted by molar-refractivity contribution is 7.99. The summed E-state index contributed by atoms with van der Waals surface area (Å²) >= 11 is 1.80. The van der Waals surface area contributed by atoms with Crippen LogP contribution >= 0.6 is 11.8 Å². The van der Waals surface area contributed by atoms with E-state index in [4.69, 9.17) is 10.2 Å². The molecule has 3 N–H and O–H groups in total. The third-order valence-corrected chi connectivity index (χ3v) is 5.52. The minimum atomic E-state index is -0.514. The number of carbonyl (C=O) groups is 1. The van der Waals surface area contributed by atoms with Crippen LogP contribution < -0.4 is 11.1 Å². The molecule has 1 aromatic rings. The number of primary amides is 1. The molecule has 2 atom stereocenters. The highest BCUT2D eigenvalue weighted by Gasteiger charge is 2.47. The molecule has 2 rings (SSSR count). The van der Waals surface area contributed by atoms with Crippen molar-refractivity contribution in [1.82, 2.24) is 5.32 Å². The maximum absolute atomic E-state index is 12.1. The van der Waals surface area contributed by atoms with Crippen LogP contribution in [0.4, 0.5) is 0 Å². The van der Waals surface area contributed by atoms with Crippen molar-refractivity contribution in [1.29, 1.82) is 0 Å². The van der Waals surface area contributed by atoms with Crippen LogP contribution in [0.25, 0.3) is 0 Å². The van der Waals surface area contributed by atoms with E-state index in [1.165, 1.54) is 4.90 Å². The van der Waals surface area contributed by atoms with E-state index in [1.807, 2.05) is 13.0 Å². The smallest absolute Gasteiger partial charge is 0.238 e. The molecule has 1 aliphatic rings. The van der Waals surface area contributed by atoms with E-state index < -0.39 is 5.54 Å². The Kier molecular flexibility index (Phi) is 5.38. The zero-order valence-electron chi connectivity index (χ0n) is 13.1. The fraction of sp³-hybridized carbons (Fsp3) is 0.688. The number of hydrogen-bond donors (Lipinski definition) is 2. The van der Waals surface area contributed by atoms with Crippen LogP contribution in [0.5, 0.6) is 0 Å². The molecule has 21 heavy (non-hydrogen) atoms. The molecule has 0 radical (unpaired) electrons. The van der Waals surface area contributed by atoms with Crippen LogP contribution in [0.15, 0.2) is 21.6 Å². The van der Waals surface area contributed by atoms with Gasteiger partial charge in [-0.25, -0.2) is 0 Å². The molecule has 2 unspecified atom stereocenters. The van der Waals surface area contributed by atoms with Gasteiger partial charge in [-0.15, -0.1) is 11.8 Å². The minimum Gasteiger partial charge on any atom is -0.468 e. The Balaban J connectivity index is 1.97. The Morgan fingerprint density at radius 1 is 1.62 bits per heavy atom.